The summed E-state index contributed by atoms with van der Waals surface area (Å²) in [5.41, 5.74) is 0.529. The summed E-state index contributed by atoms with van der Waals surface area (Å²) in [4.78, 5) is 95.7. The molecule has 3 atom stereocenters. The van der Waals surface area contributed by atoms with Crippen molar-refractivity contribution in [2.45, 2.75) is 74.8 Å². The highest BCUT2D eigenvalue weighted by molar-refractivity contribution is 8.00. The van der Waals surface area contributed by atoms with Gasteiger partial charge in [-0.3, -0.25) is 29.0 Å². The van der Waals surface area contributed by atoms with Gasteiger partial charge in [0, 0.05) is 54.7 Å². The maximum absolute atomic E-state index is 15.7. The molecule has 63 heavy (non-hydrogen) atoms. The van der Waals surface area contributed by atoms with Gasteiger partial charge < -0.3 is 37.8 Å². The number of unbranched alkanes of at least 4 members (excludes halogenated alkanes) is 2. The van der Waals surface area contributed by atoms with Crippen molar-refractivity contribution >= 4 is 81.2 Å². The summed E-state index contributed by atoms with van der Waals surface area (Å²) < 4.78 is 44.0. The fourth-order valence-electron chi connectivity index (χ4n) is 7.95. The maximum Gasteiger partial charge on any atom is 0.519 e. The van der Waals surface area contributed by atoms with Crippen molar-refractivity contribution in [1.29, 1.82) is 0 Å². The molecule has 0 spiro atoms. The van der Waals surface area contributed by atoms with Crippen LogP contribution in [0.5, 0.6) is 0 Å². The lowest BCUT2D eigenvalue weighted by atomic mass is 10.0. The lowest BCUT2D eigenvalue weighted by molar-refractivity contribution is -0.153. The largest absolute Gasteiger partial charge is 0.519 e. The number of hydrogen-bond donors (Lipinski definition) is 1. The second-order valence-corrected chi connectivity index (χ2v) is 18.8. The van der Waals surface area contributed by atoms with Crippen molar-refractivity contribution in [1.82, 2.24) is 19.7 Å². The first-order valence-corrected chi connectivity index (χ1v) is 23.2. The fourth-order valence-corrected chi connectivity index (χ4v) is 11.1. The highest BCUT2D eigenvalue weighted by Crippen LogP contribution is 2.47. The molecule has 2 saturated heterocycles. The summed E-state index contributed by atoms with van der Waals surface area (Å²) in [6, 6.07) is 5.70. The van der Waals surface area contributed by atoms with Crippen LogP contribution in [0.25, 0.3) is 10.9 Å². The Morgan fingerprint density at radius 2 is 1.71 bits per heavy atom. The number of pyridine rings is 1. The Morgan fingerprint density at radius 1 is 0.968 bits per heavy atom. The van der Waals surface area contributed by atoms with Crippen molar-refractivity contribution in [3.63, 3.8) is 0 Å². The molecule has 3 aromatic heterocycles. The molecule has 0 aliphatic carbocycles. The van der Waals surface area contributed by atoms with Crippen LogP contribution in [0, 0.1) is 12.7 Å². The molecule has 2 amide bonds. The van der Waals surface area contributed by atoms with Crippen molar-refractivity contribution < 1.29 is 51.4 Å². The number of ether oxygens (including phenoxy) is 3. The number of thiophene rings is 1. The summed E-state index contributed by atoms with van der Waals surface area (Å²) in [6.07, 6.45) is 1.40. The third-order valence-corrected chi connectivity index (χ3v) is 14.6. The topological polar surface area (TPSA) is 200 Å². The number of carbonyl (C=O) groups excluding carboxylic acids is 5. The molecule has 4 aliphatic rings. The molecule has 1 unspecified atom stereocenters. The van der Waals surface area contributed by atoms with Gasteiger partial charge in [-0.2, -0.15) is 0 Å². The minimum atomic E-state index is -0.821. The number of hydrogen-bond acceptors (Lipinski definition) is 17. The van der Waals surface area contributed by atoms with E-state index in [4.69, 9.17) is 23.0 Å². The third kappa shape index (κ3) is 9.18. The quantitative estimate of drug-likeness (QED) is 0.0720. The molecular formula is C42H44FN5O12S3. The molecule has 1 aromatic carbocycles. The number of nitrogens with zero attached hydrogens (tertiary/aromatic N) is 4. The predicted molar refractivity (Wildman–Crippen MR) is 230 cm³/mol. The SMILES string of the molecule is CC(=O)OCC1=C(C(=O)OCCCCCOC(=O)c2c3n(c4cc(N5CCN(Cc6oc(=O)oc6C)CC5)c(F)cc4c2=O)C(C)S3)N2C(=O)[C@@H](NC(=O)Cc3cccs3)[C@H]2SC1. The normalized spacial score (nSPS) is 19.6. The lowest BCUT2D eigenvalue weighted by Gasteiger charge is -2.49. The van der Waals surface area contributed by atoms with Gasteiger partial charge in [0.25, 0.3) is 5.91 Å². The Balaban J connectivity index is 0.836. The number of carbonyl (C=O) groups is 5. The van der Waals surface area contributed by atoms with Gasteiger partial charge in [0.15, 0.2) is 5.76 Å². The molecule has 4 aromatic rings. The highest BCUT2D eigenvalue weighted by Gasteiger charge is 2.54. The monoisotopic (exact) mass is 925 g/mol. The molecule has 7 heterocycles. The number of aryl methyl sites for hydroxylation is 1. The number of amides is 2. The van der Waals surface area contributed by atoms with Crippen LogP contribution in [0.4, 0.5) is 10.1 Å². The molecule has 2 fully saturated rings. The number of benzene rings is 1. The van der Waals surface area contributed by atoms with E-state index in [1.807, 2.05) is 33.9 Å². The predicted octanol–water partition coefficient (Wildman–Crippen LogP) is 4.33. The zero-order chi connectivity index (χ0) is 44.5. The highest BCUT2D eigenvalue weighted by atomic mass is 32.2. The smallest absolute Gasteiger partial charge is 0.462 e. The standard InChI is InChI=1S/C42H44FN5O12S3/c1-22-31(60-42(55)59-22)19-45-9-11-46(12-10-45)30-18-29-27(17-28(30)43)36(51)33(38-47(29)23(2)63-38)40(53)56-13-5-4-6-14-57-41(54)35-25(20-58-24(3)49)21-62-39-34(37(52)48(35)39)44-32(50)16-26-8-7-15-61-26/h7-8,15,17-18,23,34,39H,4-6,9-14,16,19-21H2,1-3H3,(H,44,50)/t23?,34-,39-/m1/s1. The number of piperazine rings is 1. The van der Waals surface area contributed by atoms with Gasteiger partial charge in [-0.1, -0.05) is 17.8 Å². The molecule has 0 bridgehead atoms. The molecule has 17 nitrogen and oxygen atoms in total. The third-order valence-electron chi connectivity index (χ3n) is 11.2. The molecule has 334 valence electrons. The van der Waals surface area contributed by atoms with Crippen LogP contribution >= 0.6 is 34.9 Å². The van der Waals surface area contributed by atoms with Crippen LogP contribution in [-0.2, 0) is 46.4 Å². The minimum absolute atomic E-state index is 0.00204. The minimum Gasteiger partial charge on any atom is -0.462 e. The number of fused-ring (bicyclic) bond motifs is 4. The summed E-state index contributed by atoms with van der Waals surface area (Å²) in [5.74, 6) is -3.05. The number of β-lactam (4-membered cyclic amide) rings is 1. The fraction of sp³-hybridized carbons (Fsp3) is 0.452. The molecule has 1 N–H and O–H groups in total. The van der Waals surface area contributed by atoms with Gasteiger partial charge in [-0.25, -0.2) is 18.8 Å². The van der Waals surface area contributed by atoms with E-state index in [9.17, 15) is 33.6 Å². The van der Waals surface area contributed by atoms with Gasteiger partial charge in [-0.05, 0) is 56.7 Å². The van der Waals surface area contributed by atoms with Crippen LogP contribution in [0.15, 0.2) is 64.4 Å². The van der Waals surface area contributed by atoms with E-state index in [-0.39, 0.29) is 59.9 Å². The number of aromatic nitrogens is 1. The number of rotatable bonds is 16. The molecule has 4 aliphatic heterocycles. The molecular weight excluding hydrogens is 882 g/mol. The summed E-state index contributed by atoms with van der Waals surface area (Å²) in [6.45, 7) is 7.13. The van der Waals surface area contributed by atoms with E-state index in [1.165, 1.54) is 52.8 Å². The maximum atomic E-state index is 15.7. The van der Waals surface area contributed by atoms with Crippen LogP contribution in [0.1, 0.15) is 65.2 Å². The van der Waals surface area contributed by atoms with Crippen LogP contribution in [0.3, 0.4) is 0 Å². The Labute approximate surface area is 371 Å². The van der Waals surface area contributed by atoms with E-state index in [0.717, 1.165) is 4.88 Å². The van der Waals surface area contributed by atoms with Crippen molar-refractivity contribution in [2.75, 3.05) is 56.7 Å². The summed E-state index contributed by atoms with van der Waals surface area (Å²) in [5, 5.41) is 4.52. The Kier molecular flexibility index (Phi) is 13.2. The first-order chi connectivity index (χ1) is 30.3. The number of halogens is 1. The van der Waals surface area contributed by atoms with Gasteiger partial charge >= 0.3 is 23.7 Å². The molecule has 8 rings (SSSR count). The zero-order valence-corrected chi connectivity index (χ0v) is 37.1. The molecule has 0 radical (unpaired) electrons. The lowest BCUT2D eigenvalue weighted by Crippen LogP contribution is -2.70. The van der Waals surface area contributed by atoms with E-state index in [0.29, 0.717) is 85.3 Å². The molecule has 0 saturated carbocycles. The van der Waals surface area contributed by atoms with Crippen molar-refractivity contribution in [3.8, 4) is 0 Å². The van der Waals surface area contributed by atoms with Gasteiger partial charge in [0.1, 0.15) is 40.9 Å². The van der Waals surface area contributed by atoms with Gasteiger partial charge in [0.2, 0.25) is 11.3 Å². The van der Waals surface area contributed by atoms with Crippen LogP contribution in [0.2, 0.25) is 0 Å². The molecule has 21 heteroatoms. The van der Waals surface area contributed by atoms with Crippen molar-refractivity contribution in [3.05, 3.63) is 89.5 Å². The van der Waals surface area contributed by atoms with E-state index in [1.54, 1.807) is 13.0 Å². The van der Waals surface area contributed by atoms with E-state index < -0.39 is 52.3 Å². The second kappa shape index (κ2) is 18.8. The van der Waals surface area contributed by atoms with Gasteiger partial charge in [-0.15, -0.1) is 23.1 Å². The summed E-state index contributed by atoms with van der Waals surface area (Å²) >= 11 is 4.14. The number of anilines is 1. The second-order valence-electron chi connectivity index (χ2n) is 15.4. The zero-order valence-electron chi connectivity index (χ0n) is 34.6. The number of nitrogens with one attached hydrogen (secondary N) is 1. The average Bonchev–Trinajstić information content (AvgIpc) is 3.88. The number of esters is 3. The van der Waals surface area contributed by atoms with Gasteiger partial charge in [0.05, 0.1) is 47.8 Å². The first-order valence-electron chi connectivity index (χ1n) is 20.4. The average molecular weight is 926 g/mol. The Hall–Kier alpha value is -5.38. The number of thioether (sulfide) groups is 2. The van der Waals surface area contributed by atoms with Crippen LogP contribution in [-0.4, -0.2) is 107 Å². The Bertz CT molecular complexity index is 2620. The van der Waals surface area contributed by atoms with E-state index >= 15 is 4.39 Å². The van der Waals surface area contributed by atoms with Crippen LogP contribution < -0.4 is 21.5 Å². The Morgan fingerprint density at radius 3 is 2.38 bits per heavy atom. The first kappa shape index (κ1) is 44.2. The van der Waals surface area contributed by atoms with E-state index in [2.05, 4.69) is 10.2 Å². The summed E-state index contributed by atoms with van der Waals surface area (Å²) in [7, 11) is 0. The van der Waals surface area contributed by atoms with Crippen molar-refractivity contribution in [2.24, 2.45) is 0 Å².